The number of benzene rings is 2. The first-order valence-corrected chi connectivity index (χ1v) is 10.8. The molecule has 1 saturated heterocycles. The molecule has 1 amide bonds. The summed E-state index contributed by atoms with van der Waals surface area (Å²) in [5, 5.41) is 2.97. The van der Waals surface area contributed by atoms with Crippen molar-refractivity contribution in [2.45, 2.75) is 51.7 Å². The number of amides is 1. The summed E-state index contributed by atoms with van der Waals surface area (Å²) in [7, 11) is 0. The number of nitrogens with zero attached hydrogens (tertiary/aromatic N) is 2. The summed E-state index contributed by atoms with van der Waals surface area (Å²) in [6, 6.07) is 14.9. The summed E-state index contributed by atoms with van der Waals surface area (Å²) < 4.78 is 6.66. The molecule has 0 spiro atoms. The van der Waals surface area contributed by atoms with Crippen LogP contribution in [0, 0.1) is 0 Å². The Labute approximate surface area is 176 Å². The summed E-state index contributed by atoms with van der Waals surface area (Å²) in [6.45, 7) is 5.42. The first-order valence-electron chi connectivity index (χ1n) is 10.8. The number of aromatic nitrogens is 1. The largest absolute Gasteiger partial charge is 0.420 e. The summed E-state index contributed by atoms with van der Waals surface area (Å²) >= 11 is 0. The molecule has 158 valence electrons. The zero-order valence-corrected chi connectivity index (χ0v) is 17.5. The van der Waals surface area contributed by atoms with Crippen molar-refractivity contribution in [1.29, 1.82) is 0 Å². The van der Waals surface area contributed by atoms with E-state index in [0.717, 1.165) is 25.2 Å². The van der Waals surface area contributed by atoms with Gasteiger partial charge in [0.2, 0.25) is 5.91 Å². The van der Waals surface area contributed by atoms with E-state index in [1.54, 1.807) is 25.1 Å². The Morgan fingerprint density at radius 2 is 1.77 bits per heavy atom. The number of rotatable bonds is 6. The van der Waals surface area contributed by atoms with Crippen molar-refractivity contribution in [3.8, 4) is 0 Å². The van der Waals surface area contributed by atoms with E-state index in [2.05, 4.69) is 22.3 Å². The predicted octanol–water partition coefficient (Wildman–Crippen LogP) is 3.85. The molecule has 6 nitrogen and oxygen atoms in total. The minimum atomic E-state index is -0.651. The van der Waals surface area contributed by atoms with Crippen LogP contribution < -0.4 is 11.1 Å². The second kappa shape index (κ2) is 9.30. The Morgan fingerprint density at radius 3 is 2.57 bits per heavy atom. The fourth-order valence-electron chi connectivity index (χ4n) is 4.20. The number of nitrogens with one attached hydrogen (secondary N) is 1. The topological polar surface area (TPSA) is 67.5 Å². The van der Waals surface area contributed by atoms with E-state index in [1.165, 1.54) is 35.8 Å². The lowest BCUT2D eigenvalue weighted by Crippen LogP contribution is -2.34. The molecule has 1 aromatic heterocycles. The second-order valence-electron chi connectivity index (χ2n) is 8.11. The van der Waals surface area contributed by atoms with Crippen LogP contribution in [-0.2, 0) is 17.9 Å². The van der Waals surface area contributed by atoms with Gasteiger partial charge in [0.15, 0.2) is 5.58 Å². The van der Waals surface area contributed by atoms with Crippen molar-refractivity contribution in [2.75, 3.05) is 13.1 Å². The molecule has 1 atom stereocenters. The van der Waals surface area contributed by atoms with E-state index in [9.17, 15) is 9.59 Å². The quantitative estimate of drug-likeness (QED) is 0.674. The van der Waals surface area contributed by atoms with Crippen LogP contribution in [0.3, 0.4) is 0 Å². The van der Waals surface area contributed by atoms with Crippen molar-refractivity contribution in [1.82, 2.24) is 14.8 Å². The first kappa shape index (κ1) is 20.4. The third-order valence-electron chi connectivity index (χ3n) is 5.85. The molecule has 30 heavy (non-hydrogen) atoms. The number of oxazole rings is 1. The molecule has 2 heterocycles. The number of para-hydroxylation sites is 2. The molecular weight excluding hydrogens is 378 g/mol. The van der Waals surface area contributed by atoms with Gasteiger partial charge < -0.3 is 9.73 Å². The van der Waals surface area contributed by atoms with E-state index in [4.69, 9.17) is 4.42 Å². The normalized spacial score (nSPS) is 16.3. The van der Waals surface area contributed by atoms with Gasteiger partial charge in [-0.15, -0.1) is 0 Å². The van der Waals surface area contributed by atoms with E-state index in [1.807, 2.05) is 18.2 Å². The van der Waals surface area contributed by atoms with Crippen molar-refractivity contribution >= 4 is 17.0 Å². The highest BCUT2D eigenvalue weighted by Gasteiger charge is 2.21. The van der Waals surface area contributed by atoms with Crippen LogP contribution in [0.5, 0.6) is 0 Å². The van der Waals surface area contributed by atoms with Gasteiger partial charge in [-0.1, -0.05) is 49.2 Å². The number of hydrogen-bond acceptors (Lipinski definition) is 4. The maximum atomic E-state index is 12.7. The van der Waals surface area contributed by atoms with Gasteiger partial charge in [-0.2, -0.15) is 0 Å². The lowest BCUT2D eigenvalue weighted by molar-refractivity contribution is -0.124. The molecule has 1 N–H and O–H groups in total. The Morgan fingerprint density at radius 1 is 1.03 bits per heavy atom. The minimum absolute atomic E-state index is 0.207. The van der Waals surface area contributed by atoms with Gasteiger partial charge in [0.1, 0.15) is 6.04 Å². The van der Waals surface area contributed by atoms with Gasteiger partial charge in [-0.05, 0) is 56.1 Å². The number of hydrogen-bond donors (Lipinski definition) is 1. The predicted molar refractivity (Wildman–Crippen MR) is 117 cm³/mol. The van der Waals surface area contributed by atoms with E-state index >= 15 is 0 Å². The molecule has 1 unspecified atom stereocenters. The molecule has 6 heteroatoms. The molecule has 4 rings (SSSR count). The molecule has 1 aliphatic heterocycles. The molecule has 0 bridgehead atoms. The Bertz CT molecular complexity index is 1060. The van der Waals surface area contributed by atoms with Crippen molar-refractivity contribution < 1.29 is 9.21 Å². The zero-order chi connectivity index (χ0) is 20.9. The molecule has 0 aliphatic carbocycles. The Kier molecular flexibility index (Phi) is 6.33. The fourth-order valence-corrected chi connectivity index (χ4v) is 4.20. The van der Waals surface area contributed by atoms with Crippen molar-refractivity contribution in [2.24, 2.45) is 0 Å². The third-order valence-corrected chi connectivity index (χ3v) is 5.85. The highest BCUT2D eigenvalue weighted by atomic mass is 16.4. The van der Waals surface area contributed by atoms with Crippen LogP contribution in [0.15, 0.2) is 57.7 Å². The molecule has 2 aromatic carbocycles. The van der Waals surface area contributed by atoms with Gasteiger partial charge in [-0.3, -0.25) is 14.3 Å². The van der Waals surface area contributed by atoms with Gasteiger partial charge in [0.05, 0.1) is 5.52 Å². The molecule has 3 aromatic rings. The smallest absolute Gasteiger partial charge is 0.408 e. The third kappa shape index (κ3) is 4.65. The van der Waals surface area contributed by atoms with Gasteiger partial charge in [0, 0.05) is 13.1 Å². The number of carbonyl (C=O) groups is 1. The second-order valence-corrected chi connectivity index (χ2v) is 8.11. The number of carbonyl (C=O) groups excluding carboxylic acids is 1. The van der Waals surface area contributed by atoms with Crippen LogP contribution in [0.4, 0.5) is 0 Å². The summed E-state index contributed by atoms with van der Waals surface area (Å²) in [4.78, 5) is 27.5. The van der Waals surface area contributed by atoms with Crippen LogP contribution in [0.1, 0.15) is 49.8 Å². The Balaban J connectivity index is 1.40. The molecular formula is C24H29N3O3. The van der Waals surface area contributed by atoms with Crippen LogP contribution in [0.2, 0.25) is 0 Å². The molecule has 0 saturated carbocycles. The molecule has 1 fully saturated rings. The average Bonchev–Trinajstić information content (AvgIpc) is 2.89. The van der Waals surface area contributed by atoms with E-state index in [-0.39, 0.29) is 5.91 Å². The maximum absolute atomic E-state index is 12.7. The Hall–Kier alpha value is -2.86. The average molecular weight is 408 g/mol. The monoisotopic (exact) mass is 407 g/mol. The van der Waals surface area contributed by atoms with Gasteiger partial charge in [-0.25, -0.2) is 4.79 Å². The van der Waals surface area contributed by atoms with Gasteiger partial charge >= 0.3 is 5.76 Å². The summed E-state index contributed by atoms with van der Waals surface area (Å²) in [5.41, 5.74) is 3.45. The fraction of sp³-hybridized carbons (Fsp3) is 0.417. The van der Waals surface area contributed by atoms with Crippen molar-refractivity contribution in [3.63, 3.8) is 0 Å². The lowest BCUT2D eigenvalue weighted by atomic mass is 10.1. The lowest BCUT2D eigenvalue weighted by Gasteiger charge is -2.20. The minimum Gasteiger partial charge on any atom is -0.408 e. The van der Waals surface area contributed by atoms with E-state index in [0.29, 0.717) is 17.6 Å². The van der Waals surface area contributed by atoms with Crippen LogP contribution in [-0.4, -0.2) is 28.5 Å². The first-order chi connectivity index (χ1) is 14.6. The molecule has 1 aliphatic rings. The standard InChI is InChI=1S/C24H29N3O3/c1-18(27-21-11-4-5-12-22(21)30-24(27)29)23(28)25-16-19-9-8-10-20(15-19)17-26-13-6-2-3-7-14-26/h4-5,8-12,15,18H,2-3,6-7,13-14,16-17H2,1H3,(H,25,28). The van der Waals surface area contributed by atoms with Crippen LogP contribution in [0.25, 0.3) is 11.1 Å². The maximum Gasteiger partial charge on any atom is 0.420 e. The van der Waals surface area contributed by atoms with Gasteiger partial charge in [0.25, 0.3) is 0 Å². The molecule has 0 radical (unpaired) electrons. The van der Waals surface area contributed by atoms with Crippen LogP contribution >= 0.6 is 0 Å². The highest BCUT2D eigenvalue weighted by molar-refractivity contribution is 5.82. The highest BCUT2D eigenvalue weighted by Crippen LogP contribution is 2.17. The van der Waals surface area contributed by atoms with Crippen molar-refractivity contribution in [3.05, 3.63) is 70.2 Å². The number of likely N-dealkylation sites (tertiary alicyclic amines) is 1. The SMILES string of the molecule is CC(C(=O)NCc1cccc(CN2CCCCCC2)c1)n1c(=O)oc2ccccc21. The zero-order valence-electron chi connectivity index (χ0n) is 17.5. The van der Waals surface area contributed by atoms with E-state index < -0.39 is 11.8 Å². The summed E-state index contributed by atoms with van der Waals surface area (Å²) in [6.07, 6.45) is 5.21. The number of fused-ring (bicyclic) bond motifs is 1. The summed E-state index contributed by atoms with van der Waals surface area (Å²) in [5.74, 6) is -0.722.